The topological polar surface area (TPSA) is 74.6 Å². The van der Waals surface area contributed by atoms with Crippen LogP contribution < -0.4 is 15.0 Å². The first kappa shape index (κ1) is 18.5. The van der Waals surface area contributed by atoms with E-state index in [9.17, 15) is 10.1 Å². The molecule has 0 bridgehead atoms. The summed E-state index contributed by atoms with van der Waals surface area (Å²) in [6, 6.07) is 16.8. The number of nitrogens with one attached hydrogen (secondary N) is 1. The maximum Gasteiger partial charge on any atom is 0.266 e. The summed E-state index contributed by atoms with van der Waals surface area (Å²) in [6.07, 6.45) is 1.58. The molecule has 1 aliphatic rings. The number of hydrogen-bond donors (Lipinski definition) is 1. The van der Waals surface area contributed by atoms with Gasteiger partial charge in [-0.05, 0) is 35.9 Å². The molecule has 1 fully saturated rings. The van der Waals surface area contributed by atoms with E-state index in [-0.39, 0.29) is 5.57 Å². The summed E-state index contributed by atoms with van der Waals surface area (Å²) in [5, 5.41) is 12.1. The largest absolute Gasteiger partial charge is 0.497 e. The van der Waals surface area contributed by atoms with E-state index in [4.69, 9.17) is 9.47 Å². The van der Waals surface area contributed by atoms with E-state index in [1.807, 2.05) is 30.3 Å². The van der Waals surface area contributed by atoms with Gasteiger partial charge in [-0.25, -0.2) is 0 Å². The lowest BCUT2D eigenvalue weighted by atomic mass is 10.1. The lowest BCUT2D eigenvalue weighted by Crippen LogP contribution is -2.36. The van der Waals surface area contributed by atoms with E-state index in [1.165, 1.54) is 0 Å². The van der Waals surface area contributed by atoms with Gasteiger partial charge in [0.25, 0.3) is 5.91 Å². The third-order valence-corrected chi connectivity index (χ3v) is 4.27. The Morgan fingerprint density at radius 3 is 2.63 bits per heavy atom. The quantitative estimate of drug-likeness (QED) is 0.653. The first-order chi connectivity index (χ1) is 13.2. The highest BCUT2D eigenvalue weighted by atomic mass is 16.5. The Bertz CT molecular complexity index is 863. The molecule has 6 nitrogen and oxygen atoms in total. The number of rotatable bonds is 5. The highest BCUT2D eigenvalue weighted by Gasteiger charge is 2.12. The molecule has 3 rings (SSSR count). The van der Waals surface area contributed by atoms with Crippen LogP contribution in [0.15, 0.2) is 54.1 Å². The average Bonchev–Trinajstić information content (AvgIpc) is 2.73. The van der Waals surface area contributed by atoms with Crippen molar-refractivity contribution in [2.24, 2.45) is 0 Å². The molecule has 138 valence electrons. The van der Waals surface area contributed by atoms with Crippen molar-refractivity contribution >= 4 is 23.4 Å². The zero-order valence-corrected chi connectivity index (χ0v) is 15.1. The van der Waals surface area contributed by atoms with Crippen LogP contribution in [0, 0.1) is 11.3 Å². The van der Waals surface area contributed by atoms with Gasteiger partial charge in [-0.1, -0.05) is 18.2 Å². The predicted molar refractivity (Wildman–Crippen MR) is 105 cm³/mol. The van der Waals surface area contributed by atoms with Crippen LogP contribution in [0.5, 0.6) is 5.75 Å². The molecular formula is C21H21N3O3. The van der Waals surface area contributed by atoms with Crippen molar-refractivity contribution in [1.29, 1.82) is 5.26 Å². The molecule has 27 heavy (non-hydrogen) atoms. The number of hydrogen-bond acceptors (Lipinski definition) is 5. The normalized spacial score (nSPS) is 14.4. The van der Waals surface area contributed by atoms with Gasteiger partial charge in [-0.2, -0.15) is 5.26 Å². The third kappa shape index (κ3) is 4.87. The van der Waals surface area contributed by atoms with Gasteiger partial charge in [0.05, 0.1) is 20.3 Å². The molecule has 0 radical (unpaired) electrons. The maximum absolute atomic E-state index is 12.4. The van der Waals surface area contributed by atoms with Gasteiger partial charge in [-0.15, -0.1) is 0 Å². The molecule has 1 amide bonds. The first-order valence-electron chi connectivity index (χ1n) is 8.69. The number of carbonyl (C=O) groups is 1. The van der Waals surface area contributed by atoms with E-state index in [1.54, 1.807) is 37.5 Å². The van der Waals surface area contributed by atoms with Gasteiger partial charge in [0, 0.05) is 30.5 Å². The predicted octanol–water partition coefficient (Wildman–Crippen LogP) is 3.08. The third-order valence-electron chi connectivity index (χ3n) is 4.27. The zero-order chi connectivity index (χ0) is 19.1. The smallest absolute Gasteiger partial charge is 0.266 e. The molecule has 1 N–H and O–H groups in total. The van der Waals surface area contributed by atoms with Gasteiger partial charge in [0.1, 0.15) is 17.4 Å². The fraction of sp³-hybridized carbons (Fsp3) is 0.238. The SMILES string of the molecule is COc1cccc(NC(=O)C(C#N)=Cc2ccc(N3CCOCC3)cc2)c1. The number of nitriles is 1. The second-order valence-corrected chi connectivity index (χ2v) is 6.05. The molecule has 0 unspecified atom stereocenters. The van der Waals surface area contributed by atoms with Crippen molar-refractivity contribution in [3.05, 3.63) is 59.7 Å². The van der Waals surface area contributed by atoms with Crippen LogP contribution in [0.1, 0.15) is 5.56 Å². The number of methoxy groups -OCH3 is 1. The molecular weight excluding hydrogens is 342 g/mol. The summed E-state index contributed by atoms with van der Waals surface area (Å²) in [4.78, 5) is 14.6. The summed E-state index contributed by atoms with van der Waals surface area (Å²) in [5.41, 5.74) is 2.51. The number of anilines is 2. The van der Waals surface area contributed by atoms with Crippen molar-refractivity contribution in [3.63, 3.8) is 0 Å². The monoisotopic (exact) mass is 363 g/mol. The molecule has 0 aromatic heterocycles. The number of carbonyl (C=O) groups excluding carboxylic acids is 1. The van der Waals surface area contributed by atoms with E-state index < -0.39 is 5.91 Å². The Hall–Kier alpha value is -3.30. The van der Waals surface area contributed by atoms with E-state index >= 15 is 0 Å². The number of benzene rings is 2. The molecule has 0 spiro atoms. The molecule has 1 heterocycles. The molecule has 0 saturated carbocycles. The number of nitrogens with zero attached hydrogens (tertiary/aromatic N) is 2. The van der Waals surface area contributed by atoms with Gasteiger partial charge in [0.15, 0.2) is 0 Å². The molecule has 0 aliphatic carbocycles. The van der Waals surface area contributed by atoms with E-state index in [0.717, 1.165) is 37.6 Å². The number of morpholine rings is 1. The minimum atomic E-state index is -0.456. The zero-order valence-electron chi connectivity index (χ0n) is 15.1. The second-order valence-electron chi connectivity index (χ2n) is 6.05. The molecule has 2 aromatic rings. The van der Waals surface area contributed by atoms with Crippen LogP contribution >= 0.6 is 0 Å². The van der Waals surface area contributed by atoms with Gasteiger partial charge < -0.3 is 19.7 Å². The molecule has 1 saturated heterocycles. The fourth-order valence-corrected chi connectivity index (χ4v) is 2.82. The van der Waals surface area contributed by atoms with Crippen molar-refractivity contribution in [1.82, 2.24) is 0 Å². The van der Waals surface area contributed by atoms with Crippen LogP contribution in [0.25, 0.3) is 6.08 Å². The average molecular weight is 363 g/mol. The van der Waals surface area contributed by atoms with Crippen LogP contribution in [0.4, 0.5) is 11.4 Å². The highest BCUT2D eigenvalue weighted by molar-refractivity contribution is 6.09. The van der Waals surface area contributed by atoms with Gasteiger partial charge in [0.2, 0.25) is 0 Å². The van der Waals surface area contributed by atoms with Crippen LogP contribution in [-0.2, 0) is 9.53 Å². The Labute approximate surface area is 158 Å². The van der Waals surface area contributed by atoms with Crippen LogP contribution in [0.3, 0.4) is 0 Å². The first-order valence-corrected chi connectivity index (χ1v) is 8.69. The maximum atomic E-state index is 12.4. The summed E-state index contributed by atoms with van der Waals surface area (Å²) in [6.45, 7) is 3.18. The molecule has 6 heteroatoms. The Morgan fingerprint density at radius 2 is 1.96 bits per heavy atom. The number of ether oxygens (including phenoxy) is 2. The summed E-state index contributed by atoms with van der Waals surface area (Å²) in [7, 11) is 1.56. The van der Waals surface area contributed by atoms with Gasteiger partial charge >= 0.3 is 0 Å². The van der Waals surface area contributed by atoms with Crippen molar-refractivity contribution in [2.45, 2.75) is 0 Å². The minimum absolute atomic E-state index is 0.0388. The van der Waals surface area contributed by atoms with E-state index in [2.05, 4.69) is 10.2 Å². The summed E-state index contributed by atoms with van der Waals surface area (Å²) in [5.74, 6) is 0.178. The van der Waals surface area contributed by atoms with Crippen molar-refractivity contribution < 1.29 is 14.3 Å². The molecule has 1 aliphatic heterocycles. The lowest BCUT2D eigenvalue weighted by Gasteiger charge is -2.28. The van der Waals surface area contributed by atoms with Crippen LogP contribution in [-0.4, -0.2) is 39.3 Å². The number of amides is 1. The summed E-state index contributed by atoms with van der Waals surface area (Å²) < 4.78 is 10.5. The van der Waals surface area contributed by atoms with E-state index in [0.29, 0.717) is 11.4 Å². The van der Waals surface area contributed by atoms with Gasteiger partial charge in [-0.3, -0.25) is 4.79 Å². The standard InChI is InChI=1S/C21H21N3O3/c1-26-20-4-2-3-18(14-20)23-21(25)17(15-22)13-16-5-7-19(8-6-16)24-9-11-27-12-10-24/h2-8,13-14H,9-12H2,1H3,(H,23,25). The Kier molecular flexibility index (Phi) is 6.08. The van der Waals surface area contributed by atoms with Crippen molar-refractivity contribution in [2.75, 3.05) is 43.6 Å². The molecule has 0 atom stereocenters. The lowest BCUT2D eigenvalue weighted by molar-refractivity contribution is -0.112. The molecule has 2 aromatic carbocycles. The highest BCUT2D eigenvalue weighted by Crippen LogP contribution is 2.20. The minimum Gasteiger partial charge on any atom is -0.497 e. The Balaban J connectivity index is 1.71. The second kappa shape index (κ2) is 8.88. The van der Waals surface area contributed by atoms with Crippen molar-refractivity contribution in [3.8, 4) is 11.8 Å². The van der Waals surface area contributed by atoms with Crippen LogP contribution in [0.2, 0.25) is 0 Å². The fourth-order valence-electron chi connectivity index (χ4n) is 2.82. The summed E-state index contributed by atoms with van der Waals surface area (Å²) >= 11 is 0. The Morgan fingerprint density at radius 1 is 1.22 bits per heavy atom.